The molecule has 0 aliphatic carbocycles. The third-order valence-corrected chi connectivity index (χ3v) is 2.38. The molecule has 2 nitrogen and oxygen atoms in total. The lowest BCUT2D eigenvalue weighted by Gasteiger charge is -2.27. The van der Waals surface area contributed by atoms with Crippen molar-refractivity contribution in [1.82, 2.24) is 0 Å². The zero-order valence-corrected chi connectivity index (χ0v) is 10.0. The molecule has 0 bridgehead atoms. The summed E-state index contributed by atoms with van der Waals surface area (Å²) in [5.74, 6) is -0.241. The average molecular weight is 247 g/mol. The number of hydrogen-bond donors (Lipinski definition) is 1. The Morgan fingerprint density at radius 3 is 2.24 bits per heavy atom. The molecule has 5 heteroatoms. The molecule has 96 valence electrons. The molecule has 2 N–H and O–H groups in total. The predicted molar refractivity (Wildman–Crippen MR) is 59.5 cm³/mol. The highest BCUT2D eigenvalue weighted by molar-refractivity contribution is 5.31. The summed E-state index contributed by atoms with van der Waals surface area (Å²) in [6, 6.07) is 5.43. The smallest absolute Gasteiger partial charge is 0.406 e. The van der Waals surface area contributed by atoms with Crippen molar-refractivity contribution in [2.24, 2.45) is 11.1 Å². The maximum absolute atomic E-state index is 12.1. The van der Waals surface area contributed by atoms with Crippen LogP contribution in [-0.4, -0.2) is 6.36 Å². The highest BCUT2D eigenvalue weighted by Gasteiger charge is 2.31. The molecule has 0 unspecified atom stereocenters. The fraction of sp³-hybridized carbons (Fsp3) is 0.500. The molecule has 0 fully saturated rings. The van der Waals surface area contributed by atoms with E-state index in [4.69, 9.17) is 5.73 Å². The van der Waals surface area contributed by atoms with Crippen molar-refractivity contribution in [3.8, 4) is 5.75 Å². The summed E-state index contributed by atoms with van der Waals surface area (Å²) >= 11 is 0. The normalized spacial score (nSPS) is 14.5. The third-order valence-electron chi connectivity index (χ3n) is 2.38. The lowest BCUT2D eigenvalue weighted by molar-refractivity contribution is -0.274. The van der Waals surface area contributed by atoms with Crippen molar-refractivity contribution >= 4 is 0 Å². The van der Waals surface area contributed by atoms with Crippen molar-refractivity contribution in [3.63, 3.8) is 0 Å². The molecule has 1 aromatic rings. The zero-order valence-electron chi connectivity index (χ0n) is 10.0. The lowest BCUT2D eigenvalue weighted by Crippen LogP contribution is -2.26. The van der Waals surface area contributed by atoms with Crippen LogP contribution in [0.25, 0.3) is 0 Å². The van der Waals surface area contributed by atoms with Crippen molar-refractivity contribution in [1.29, 1.82) is 0 Å². The van der Waals surface area contributed by atoms with Crippen LogP contribution in [-0.2, 0) is 0 Å². The van der Waals surface area contributed by atoms with Crippen LogP contribution in [0.3, 0.4) is 0 Å². The van der Waals surface area contributed by atoms with Crippen LogP contribution in [0.15, 0.2) is 24.3 Å². The summed E-state index contributed by atoms with van der Waals surface area (Å²) in [4.78, 5) is 0. The molecule has 0 aromatic heterocycles. The second-order valence-corrected chi connectivity index (χ2v) is 4.96. The molecule has 1 rings (SSSR count). The molecule has 0 heterocycles. The second kappa shape index (κ2) is 4.56. The van der Waals surface area contributed by atoms with Crippen LogP contribution in [0.1, 0.15) is 32.4 Å². The maximum atomic E-state index is 12.1. The Morgan fingerprint density at radius 1 is 1.18 bits per heavy atom. The second-order valence-electron chi connectivity index (χ2n) is 4.96. The van der Waals surface area contributed by atoms with E-state index in [0.29, 0.717) is 5.56 Å². The Bertz CT molecular complexity index is 382. The first-order valence-corrected chi connectivity index (χ1v) is 5.21. The van der Waals surface area contributed by atoms with E-state index < -0.39 is 6.36 Å². The lowest BCUT2D eigenvalue weighted by atomic mass is 9.83. The summed E-state index contributed by atoms with van der Waals surface area (Å²) in [5, 5.41) is 0. The number of hydrogen-bond acceptors (Lipinski definition) is 2. The highest BCUT2D eigenvalue weighted by Crippen LogP contribution is 2.32. The van der Waals surface area contributed by atoms with Gasteiger partial charge in [-0.15, -0.1) is 13.2 Å². The number of alkyl halides is 3. The quantitative estimate of drug-likeness (QED) is 0.866. The number of nitrogens with two attached hydrogens (primary N) is 1. The number of ether oxygens (including phenoxy) is 1. The Labute approximate surface area is 98.6 Å². The van der Waals surface area contributed by atoms with Gasteiger partial charge in [-0.25, -0.2) is 0 Å². The van der Waals surface area contributed by atoms with Crippen LogP contribution in [0.4, 0.5) is 13.2 Å². The molecular formula is C12H16F3NO. The standard InChI is InChI=1S/C12H16F3NO/c1-11(2,3)10(16)8-5-4-6-9(7-8)17-12(13,14)15/h4-7,10H,16H2,1-3H3/t10-/m1/s1. The third kappa shape index (κ3) is 4.26. The zero-order chi connectivity index (χ0) is 13.3. The first-order valence-electron chi connectivity index (χ1n) is 5.21. The maximum Gasteiger partial charge on any atom is 0.573 e. The number of halogens is 3. The van der Waals surface area contributed by atoms with Gasteiger partial charge in [0.15, 0.2) is 0 Å². The van der Waals surface area contributed by atoms with E-state index >= 15 is 0 Å². The van der Waals surface area contributed by atoms with Gasteiger partial charge in [0.1, 0.15) is 5.75 Å². The minimum Gasteiger partial charge on any atom is -0.406 e. The van der Waals surface area contributed by atoms with E-state index in [0.717, 1.165) is 0 Å². The van der Waals surface area contributed by atoms with Gasteiger partial charge < -0.3 is 10.5 Å². The number of benzene rings is 1. The Morgan fingerprint density at radius 2 is 1.76 bits per heavy atom. The molecule has 17 heavy (non-hydrogen) atoms. The monoisotopic (exact) mass is 247 g/mol. The summed E-state index contributed by atoms with van der Waals surface area (Å²) < 4.78 is 40.0. The van der Waals surface area contributed by atoms with Gasteiger partial charge in [-0.1, -0.05) is 32.9 Å². The average Bonchev–Trinajstić information content (AvgIpc) is 2.12. The van der Waals surface area contributed by atoms with E-state index in [1.165, 1.54) is 18.2 Å². The SMILES string of the molecule is CC(C)(C)[C@H](N)c1cccc(OC(F)(F)F)c1. The fourth-order valence-electron chi connectivity index (χ4n) is 1.41. The van der Waals surface area contributed by atoms with Crippen LogP contribution in [0.2, 0.25) is 0 Å². The highest BCUT2D eigenvalue weighted by atomic mass is 19.4. The molecule has 1 aromatic carbocycles. The van der Waals surface area contributed by atoms with Gasteiger partial charge in [0, 0.05) is 6.04 Å². The first-order chi connectivity index (χ1) is 7.59. The van der Waals surface area contributed by atoms with Gasteiger partial charge in [-0.3, -0.25) is 0 Å². The first kappa shape index (κ1) is 13.8. The molecule has 0 radical (unpaired) electrons. The minimum absolute atomic E-state index is 0.225. The Kier molecular flexibility index (Phi) is 3.71. The van der Waals surface area contributed by atoms with Crippen LogP contribution in [0, 0.1) is 5.41 Å². The van der Waals surface area contributed by atoms with E-state index in [1.807, 2.05) is 20.8 Å². The summed E-state index contributed by atoms with van der Waals surface area (Å²) in [6.45, 7) is 5.78. The number of rotatable bonds is 2. The molecular weight excluding hydrogens is 231 g/mol. The fourth-order valence-corrected chi connectivity index (χ4v) is 1.41. The molecule has 0 saturated heterocycles. The van der Waals surface area contributed by atoms with Gasteiger partial charge in [0.05, 0.1) is 0 Å². The summed E-state index contributed by atoms with van der Waals surface area (Å²) in [7, 11) is 0. The Hall–Kier alpha value is -1.23. The molecule has 0 saturated carbocycles. The van der Waals surface area contributed by atoms with Crippen molar-refractivity contribution in [2.75, 3.05) is 0 Å². The van der Waals surface area contributed by atoms with E-state index in [1.54, 1.807) is 6.07 Å². The van der Waals surface area contributed by atoms with Crippen molar-refractivity contribution < 1.29 is 17.9 Å². The Balaban J connectivity index is 2.94. The topological polar surface area (TPSA) is 35.2 Å². The van der Waals surface area contributed by atoms with Gasteiger partial charge in [-0.05, 0) is 23.1 Å². The van der Waals surface area contributed by atoms with Crippen LogP contribution in [0.5, 0.6) is 5.75 Å². The summed E-state index contributed by atoms with van der Waals surface area (Å²) in [6.07, 6.45) is -4.68. The van der Waals surface area contributed by atoms with Crippen molar-refractivity contribution in [3.05, 3.63) is 29.8 Å². The van der Waals surface area contributed by atoms with Gasteiger partial charge in [-0.2, -0.15) is 0 Å². The minimum atomic E-state index is -4.68. The van der Waals surface area contributed by atoms with Crippen molar-refractivity contribution in [2.45, 2.75) is 33.2 Å². The van der Waals surface area contributed by atoms with Gasteiger partial charge in [0.2, 0.25) is 0 Å². The van der Waals surface area contributed by atoms with E-state index in [9.17, 15) is 13.2 Å². The molecule has 0 amide bonds. The molecule has 0 aliphatic rings. The van der Waals surface area contributed by atoms with Gasteiger partial charge >= 0.3 is 6.36 Å². The molecule has 0 spiro atoms. The van der Waals surface area contributed by atoms with Gasteiger partial charge in [0.25, 0.3) is 0 Å². The molecule has 1 atom stereocenters. The van der Waals surface area contributed by atoms with E-state index in [-0.39, 0.29) is 17.2 Å². The van der Waals surface area contributed by atoms with Crippen LogP contribution < -0.4 is 10.5 Å². The summed E-state index contributed by atoms with van der Waals surface area (Å²) in [5.41, 5.74) is 6.37. The predicted octanol–water partition coefficient (Wildman–Crippen LogP) is 3.63. The molecule has 0 aliphatic heterocycles. The van der Waals surface area contributed by atoms with E-state index in [2.05, 4.69) is 4.74 Å². The van der Waals surface area contributed by atoms with Crippen LogP contribution >= 0.6 is 0 Å². The largest absolute Gasteiger partial charge is 0.573 e.